The largest absolute Gasteiger partial charge is 0.103 e. The third kappa shape index (κ3) is 2.56. The normalized spacial score (nSPS) is 15.8. The maximum atomic E-state index is 4.12. The van der Waals surface area contributed by atoms with E-state index in [-0.39, 0.29) is 10.8 Å². The molecule has 0 heteroatoms. The molecule has 0 amide bonds. The molecule has 158 valence electrons. The lowest BCUT2D eigenvalue weighted by Crippen LogP contribution is -2.25. The minimum atomic E-state index is -0.110. The predicted octanol–water partition coefficient (Wildman–Crippen LogP) is 8.52. The Balaban J connectivity index is 1.88. The summed E-state index contributed by atoms with van der Waals surface area (Å²) >= 11 is 0. The summed E-state index contributed by atoms with van der Waals surface area (Å²) in [6.07, 6.45) is 11.8. The molecule has 0 aliphatic heterocycles. The number of hydrogen-bond donors (Lipinski definition) is 0. The van der Waals surface area contributed by atoms with Crippen LogP contribution in [0.25, 0.3) is 22.3 Å². The molecule has 0 bridgehead atoms. The molecule has 0 aromatic heterocycles. The van der Waals surface area contributed by atoms with Gasteiger partial charge in [0, 0.05) is 10.8 Å². The van der Waals surface area contributed by atoms with Crippen molar-refractivity contribution in [2.45, 2.75) is 36.5 Å². The van der Waals surface area contributed by atoms with E-state index in [1.54, 1.807) is 0 Å². The van der Waals surface area contributed by atoms with E-state index >= 15 is 0 Å². The lowest BCUT2D eigenvalue weighted by molar-refractivity contribution is 0.537. The lowest BCUT2D eigenvalue weighted by atomic mass is 9.70. The van der Waals surface area contributed by atoms with Crippen LogP contribution in [0.4, 0.5) is 0 Å². The summed E-state index contributed by atoms with van der Waals surface area (Å²) in [6.45, 7) is 16.5. The van der Waals surface area contributed by atoms with E-state index in [4.69, 9.17) is 0 Å². The first-order valence-corrected chi connectivity index (χ1v) is 11.5. The summed E-state index contributed by atoms with van der Waals surface area (Å²) in [5.74, 6) is 0. The molecule has 0 unspecified atom stereocenters. The summed E-state index contributed by atoms with van der Waals surface area (Å²) in [7, 11) is 0. The molecular weight excluding hydrogens is 384 g/mol. The maximum absolute atomic E-state index is 4.12. The number of benzene rings is 3. The molecule has 32 heavy (non-hydrogen) atoms. The Kier molecular flexibility index (Phi) is 4.90. The Labute approximate surface area is 192 Å². The average molecular weight is 415 g/mol. The van der Waals surface area contributed by atoms with Crippen molar-refractivity contribution in [3.63, 3.8) is 0 Å². The lowest BCUT2D eigenvalue weighted by Gasteiger charge is -2.32. The van der Waals surface area contributed by atoms with Gasteiger partial charge in [-0.15, -0.1) is 26.3 Å². The molecule has 0 saturated heterocycles. The van der Waals surface area contributed by atoms with E-state index in [1.807, 2.05) is 0 Å². The Hall–Kier alpha value is -3.38. The third-order valence-electron chi connectivity index (χ3n) is 7.63. The topological polar surface area (TPSA) is 0 Å². The van der Waals surface area contributed by atoms with Crippen LogP contribution in [0, 0.1) is 0 Å². The first kappa shape index (κ1) is 20.5. The standard InChI is InChI=1S/C32H30/c1-5-17-31(18-6-2)27-15-11-9-13-23(27)25-22-30-26(21-29(25)31)24-14-10-12-16-28(24)32(30,19-7-3)20-8-4/h5-16,21-22H,1-4,17-20H2. The maximum Gasteiger partial charge on any atom is 0.0283 e. The van der Waals surface area contributed by atoms with Crippen LogP contribution in [-0.2, 0) is 10.8 Å². The molecule has 0 saturated carbocycles. The van der Waals surface area contributed by atoms with Crippen LogP contribution in [-0.4, -0.2) is 0 Å². The monoisotopic (exact) mass is 414 g/mol. The van der Waals surface area contributed by atoms with Crippen LogP contribution in [0.2, 0.25) is 0 Å². The predicted molar refractivity (Wildman–Crippen MR) is 138 cm³/mol. The molecule has 0 atom stereocenters. The van der Waals surface area contributed by atoms with E-state index < -0.39 is 0 Å². The molecular formula is C32H30. The quantitative estimate of drug-likeness (QED) is 0.324. The number of fused-ring (bicyclic) bond motifs is 6. The molecule has 2 aliphatic carbocycles. The molecule has 5 rings (SSSR count). The number of rotatable bonds is 8. The zero-order chi connectivity index (χ0) is 22.3. The van der Waals surface area contributed by atoms with Gasteiger partial charge in [0.1, 0.15) is 0 Å². The van der Waals surface area contributed by atoms with Crippen LogP contribution >= 0.6 is 0 Å². The van der Waals surface area contributed by atoms with Gasteiger partial charge < -0.3 is 0 Å². The zero-order valence-electron chi connectivity index (χ0n) is 18.7. The van der Waals surface area contributed by atoms with Gasteiger partial charge >= 0.3 is 0 Å². The molecule has 2 aliphatic rings. The van der Waals surface area contributed by atoms with Crippen molar-refractivity contribution in [1.29, 1.82) is 0 Å². The highest BCUT2D eigenvalue weighted by Crippen LogP contribution is 2.59. The van der Waals surface area contributed by atoms with Crippen molar-refractivity contribution < 1.29 is 0 Å². The fraction of sp³-hybridized carbons (Fsp3) is 0.188. The van der Waals surface area contributed by atoms with Gasteiger partial charge in [-0.25, -0.2) is 0 Å². The van der Waals surface area contributed by atoms with Gasteiger partial charge in [-0.05, 0) is 82.3 Å². The summed E-state index contributed by atoms with van der Waals surface area (Å²) in [4.78, 5) is 0. The van der Waals surface area contributed by atoms with Crippen LogP contribution < -0.4 is 0 Å². The second-order valence-corrected chi connectivity index (χ2v) is 9.17. The third-order valence-corrected chi connectivity index (χ3v) is 7.63. The van der Waals surface area contributed by atoms with Gasteiger partial charge in [-0.1, -0.05) is 72.8 Å². The van der Waals surface area contributed by atoms with Crippen molar-refractivity contribution in [2.24, 2.45) is 0 Å². The van der Waals surface area contributed by atoms with Crippen molar-refractivity contribution in [1.82, 2.24) is 0 Å². The van der Waals surface area contributed by atoms with E-state index in [0.717, 1.165) is 25.7 Å². The zero-order valence-corrected chi connectivity index (χ0v) is 18.7. The minimum absolute atomic E-state index is 0.110. The van der Waals surface area contributed by atoms with Gasteiger partial charge in [-0.2, -0.15) is 0 Å². The number of hydrogen-bond acceptors (Lipinski definition) is 0. The second kappa shape index (κ2) is 7.64. The first-order chi connectivity index (χ1) is 15.7. The van der Waals surface area contributed by atoms with Crippen molar-refractivity contribution in [3.05, 3.63) is 134 Å². The SMILES string of the molecule is C=CCC1(CC=C)c2ccccc2-c2cc3c(cc21)-c1ccccc1C3(CC=C)CC=C. The van der Waals surface area contributed by atoms with Gasteiger partial charge in [0.15, 0.2) is 0 Å². The summed E-state index contributed by atoms with van der Waals surface area (Å²) in [6, 6.07) is 22.7. The van der Waals surface area contributed by atoms with Gasteiger partial charge in [-0.3, -0.25) is 0 Å². The van der Waals surface area contributed by atoms with Gasteiger partial charge in [0.25, 0.3) is 0 Å². The summed E-state index contributed by atoms with van der Waals surface area (Å²) in [5, 5.41) is 0. The van der Waals surface area contributed by atoms with Crippen molar-refractivity contribution >= 4 is 0 Å². The molecule has 0 spiro atoms. The van der Waals surface area contributed by atoms with E-state index in [2.05, 4.69) is 111 Å². The van der Waals surface area contributed by atoms with Crippen molar-refractivity contribution in [3.8, 4) is 22.3 Å². The minimum Gasteiger partial charge on any atom is -0.103 e. The highest BCUT2D eigenvalue weighted by Gasteiger charge is 2.46. The van der Waals surface area contributed by atoms with Gasteiger partial charge in [0.2, 0.25) is 0 Å². The summed E-state index contributed by atoms with van der Waals surface area (Å²) < 4.78 is 0. The number of allylic oxidation sites excluding steroid dienone is 4. The summed E-state index contributed by atoms with van der Waals surface area (Å²) in [5.41, 5.74) is 10.8. The fourth-order valence-electron chi connectivity index (χ4n) is 6.43. The average Bonchev–Trinajstić information content (AvgIpc) is 3.23. The Morgan fingerprint density at radius 2 is 0.812 bits per heavy atom. The smallest absolute Gasteiger partial charge is 0.0283 e. The van der Waals surface area contributed by atoms with Crippen LogP contribution in [0.5, 0.6) is 0 Å². The molecule has 0 N–H and O–H groups in total. The van der Waals surface area contributed by atoms with E-state index in [0.29, 0.717) is 0 Å². The van der Waals surface area contributed by atoms with Crippen LogP contribution in [0.3, 0.4) is 0 Å². The molecule has 0 radical (unpaired) electrons. The first-order valence-electron chi connectivity index (χ1n) is 11.5. The van der Waals surface area contributed by atoms with Crippen LogP contribution in [0.1, 0.15) is 47.9 Å². The Morgan fingerprint density at radius 3 is 1.16 bits per heavy atom. The molecule has 3 aromatic rings. The highest BCUT2D eigenvalue weighted by atomic mass is 14.5. The highest BCUT2D eigenvalue weighted by molar-refractivity contribution is 5.90. The second-order valence-electron chi connectivity index (χ2n) is 9.17. The van der Waals surface area contributed by atoms with Crippen molar-refractivity contribution in [2.75, 3.05) is 0 Å². The van der Waals surface area contributed by atoms with E-state index in [9.17, 15) is 0 Å². The Bertz CT molecular complexity index is 1130. The molecule has 0 nitrogen and oxygen atoms in total. The Morgan fingerprint density at radius 1 is 0.469 bits per heavy atom. The molecule has 0 fully saturated rings. The fourth-order valence-corrected chi connectivity index (χ4v) is 6.43. The van der Waals surface area contributed by atoms with E-state index in [1.165, 1.54) is 44.5 Å². The van der Waals surface area contributed by atoms with Gasteiger partial charge in [0.05, 0.1) is 0 Å². The van der Waals surface area contributed by atoms with Crippen LogP contribution in [0.15, 0.2) is 111 Å². The molecule has 3 aromatic carbocycles. The molecule has 0 heterocycles.